The average molecular weight is 323 g/mol. The van der Waals surface area contributed by atoms with Gasteiger partial charge in [-0.2, -0.15) is 0 Å². The lowest BCUT2D eigenvalue weighted by Crippen LogP contribution is -2.47. The van der Waals surface area contributed by atoms with Crippen molar-refractivity contribution in [3.05, 3.63) is 23.7 Å². The quantitative estimate of drug-likeness (QED) is 0.696. The summed E-state index contributed by atoms with van der Waals surface area (Å²) in [6.07, 6.45) is 0.0296. The van der Waals surface area contributed by atoms with E-state index in [1.54, 1.807) is 0 Å². The van der Waals surface area contributed by atoms with E-state index < -0.39 is 6.10 Å². The Morgan fingerprint density at radius 3 is 2.87 bits per heavy atom. The number of furan rings is 1. The number of aryl methyl sites for hydroxylation is 1. The molecule has 23 heavy (non-hydrogen) atoms. The third-order valence-corrected chi connectivity index (χ3v) is 4.47. The second-order valence-electron chi connectivity index (χ2n) is 6.21. The van der Waals surface area contributed by atoms with Crippen molar-refractivity contribution in [1.82, 2.24) is 15.5 Å². The van der Waals surface area contributed by atoms with Gasteiger partial charge in [0.2, 0.25) is 5.91 Å². The molecule has 2 aliphatic heterocycles. The van der Waals surface area contributed by atoms with Crippen LogP contribution >= 0.6 is 0 Å². The van der Waals surface area contributed by atoms with Crippen molar-refractivity contribution in [3.63, 3.8) is 0 Å². The van der Waals surface area contributed by atoms with Gasteiger partial charge in [-0.25, -0.2) is 0 Å². The minimum Gasteiger partial charge on any atom is -0.465 e. The van der Waals surface area contributed by atoms with Gasteiger partial charge >= 0.3 is 0 Å². The van der Waals surface area contributed by atoms with Gasteiger partial charge in [-0.05, 0) is 25.5 Å². The molecule has 128 valence electrons. The topological polar surface area (TPSA) is 87.0 Å². The molecule has 0 saturated carbocycles. The van der Waals surface area contributed by atoms with E-state index in [-0.39, 0.29) is 18.0 Å². The summed E-state index contributed by atoms with van der Waals surface area (Å²) in [6.45, 7) is 5.91. The first-order valence-electron chi connectivity index (χ1n) is 8.21. The molecule has 7 nitrogen and oxygen atoms in total. The zero-order valence-electron chi connectivity index (χ0n) is 13.5. The van der Waals surface area contributed by atoms with Crippen LogP contribution < -0.4 is 10.6 Å². The molecule has 2 saturated heterocycles. The lowest BCUT2D eigenvalue weighted by Gasteiger charge is -2.33. The largest absolute Gasteiger partial charge is 0.465 e. The molecule has 3 N–H and O–H groups in total. The van der Waals surface area contributed by atoms with Crippen LogP contribution in [-0.2, 0) is 9.53 Å². The first-order chi connectivity index (χ1) is 11.1. The van der Waals surface area contributed by atoms with Crippen LogP contribution in [0.1, 0.15) is 24.0 Å². The van der Waals surface area contributed by atoms with E-state index in [0.29, 0.717) is 32.7 Å². The van der Waals surface area contributed by atoms with Crippen LogP contribution in [-0.4, -0.2) is 67.5 Å². The molecule has 1 amide bonds. The second-order valence-corrected chi connectivity index (χ2v) is 6.21. The molecule has 3 atom stereocenters. The van der Waals surface area contributed by atoms with E-state index in [0.717, 1.165) is 24.6 Å². The molecule has 0 aliphatic carbocycles. The van der Waals surface area contributed by atoms with Gasteiger partial charge in [0.1, 0.15) is 11.5 Å². The van der Waals surface area contributed by atoms with Gasteiger partial charge in [-0.1, -0.05) is 0 Å². The highest BCUT2D eigenvalue weighted by Crippen LogP contribution is 2.23. The maximum atomic E-state index is 12.3. The summed E-state index contributed by atoms with van der Waals surface area (Å²) < 4.78 is 11.2. The number of ether oxygens (including phenoxy) is 1. The summed E-state index contributed by atoms with van der Waals surface area (Å²) in [5.74, 6) is 1.66. The number of morpholine rings is 1. The van der Waals surface area contributed by atoms with E-state index in [9.17, 15) is 9.90 Å². The molecule has 0 spiro atoms. The molecule has 0 radical (unpaired) electrons. The van der Waals surface area contributed by atoms with Crippen molar-refractivity contribution in [2.45, 2.75) is 31.5 Å². The third kappa shape index (κ3) is 4.11. The lowest BCUT2D eigenvalue weighted by molar-refractivity contribution is -0.123. The number of amides is 1. The van der Waals surface area contributed by atoms with Crippen LogP contribution in [0.5, 0.6) is 0 Å². The maximum Gasteiger partial charge on any atom is 0.237 e. The van der Waals surface area contributed by atoms with Gasteiger partial charge in [0.05, 0.1) is 31.4 Å². The highest BCUT2D eigenvalue weighted by atomic mass is 16.5. The Bertz CT molecular complexity index is 527. The average Bonchev–Trinajstić information content (AvgIpc) is 3.17. The molecule has 7 heteroatoms. The Kier molecular flexibility index (Phi) is 5.32. The molecule has 1 aromatic rings. The number of carbonyl (C=O) groups excluding carboxylic acids is 1. The predicted octanol–water partition coefficient (Wildman–Crippen LogP) is -0.200. The number of hydrogen-bond acceptors (Lipinski definition) is 6. The second kappa shape index (κ2) is 7.44. The van der Waals surface area contributed by atoms with Crippen molar-refractivity contribution in [3.8, 4) is 0 Å². The molecule has 0 aromatic carbocycles. The molecule has 2 fully saturated rings. The van der Waals surface area contributed by atoms with Crippen molar-refractivity contribution in [1.29, 1.82) is 0 Å². The van der Waals surface area contributed by atoms with Crippen LogP contribution in [0.3, 0.4) is 0 Å². The standard InChI is InChI=1S/C16H25N3O4/c1-11-2-3-15(23-11)14(19-4-6-22-7-5-19)10-18-16(21)13-8-12(20)9-17-13/h2-3,12-14,17,20H,4-10H2,1H3,(H,18,21)/t12-,13+,14-/m0/s1. The van der Waals surface area contributed by atoms with E-state index >= 15 is 0 Å². The van der Waals surface area contributed by atoms with Gasteiger partial charge in [0.15, 0.2) is 0 Å². The molecule has 0 bridgehead atoms. The molecule has 3 rings (SSSR count). The minimum absolute atomic E-state index is 0.00266. The lowest BCUT2D eigenvalue weighted by atomic mass is 10.1. The Labute approximate surface area is 136 Å². The summed E-state index contributed by atoms with van der Waals surface area (Å²) in [5.41, 5.74) is 0. The van der Waals surface area contributed by atoms with Crippen LogP contribution in [0.4, 0.5) is 0 Å². The Balaban J connectivity index is 1.62. The van der Waals surface area contributed by atoms with E-state index in [4.69, 9.17) is 9.15 Å². The summed E-state index contributed by atoms with van der Waals surface area (Å²) >= 11 is 0. The molecular weight excluding hydrogens is 298 g/mol. The van der Waals surface area contributed by atoms with Crippen molar-refractivity contribution in [2.24, 2.45) is 0 Å². The Morgan fingerprint density at radius 2 is 2.26 bits per heavy atom. The number of hydrogen-bond donors (Lipinski definition) is 3. The molecule has 0 unspecified atom stereocenters. The van der Waals surface area contributed by atoms with Crippen LogP contribution in [0.15, 0.2) is 16.5 Å². The number of aliphatic hydroxyl groups excluding tert-OH is 1. The minimum atomic E-state index is -0.437. The first-order valence-corrected chi connectivity index (χ1v) is 8.21. The summed E-state index contributed by atoms with van der Waals surface area (Å²) in [5, 5.41) is 15.6. The smallest absolute Gasteiger partial charge is 0.237 e. The van der Waals surface area contributed by atoms with Gasteiger partial charge in [-0.3, -0.25) is 9.69 Å². The molecule has 1 aromatic heterocycles. The zero-order valence-corrected chi connectivity index (χ0v) is 13.5. The summed E-state index contributed by atoms with van der Waals surface area (Å²) in [4.78, 5) is 14.5. The number of β-amino-alcohol motifs (C(OH)–C–C–N with tert-alkyl or cyclic N) is 1. The van der Waals surface area contributed by atoms with Crippen LogP contribution in [0, 0.1) is 6.92 Å². The van der Waals surface area contributed by atoms with Gasteiger partial charge < -0.3 is 24.9 Å². The fraction of sp³-hybridized carbons (Fsp3) is 0.688. The normalized spacial score (nSPS) is 27.0. The van der Waals surface area contributed by atoms with Crippen molar-refractivity contribution in [2.75, 3.05) is 39.4 Å². The highest BCUT2D eigenvalue weighted by Gasteiger charge is 2.30. The number of nitrogens with zero attached hydrogens (tertiary/aromatic N) is 1. The number of aliphatic hydroxyl groups is 1. The van der Waals surface area contributed by atoms with Gasteiger partial charge in [0.25, 0.3) is 0 Å². The van der Waals surface area contributed by atoms with Crippen LogP contribution in [0.25, 0.3) is 0 Å². The first kappa shape index (κ1) is 16.4. The number of rotatable bonds is 5. The monoisotopic (exact) mass is 323 g/mol. The SMILES string of the molecule is Cc1ccc([C@H](CNC(=O)[C@H]2C[C@H](O)CN2)N2CCOCC2)o1. The zero-order chi connectivity index (χ0) is 16.2. The van der Waals surface area contributed by atoms with Gasteiger partial charge in [-0.15, -0.1) is 0 Å². The Morgan fingerprint density at radius 1 is 1.48 bits per heavy atom. The Hall–Kier alpha value is -1.41. The maximum absolute atomic E-state index is 12.3. The molecular formula is C16H25N3O4. The summed E-state index contributed by atoms with van der Waals surface area (Å²) in [6, 6.07) is 3.61. The number of carbonyl (C=O) groups is 1. The fourth-order valence-electron chi connectivity index (χ4n) is 3.17. The van der Waals surface area contributed by atoms with Crippen molar-refractivity contribution < 1.29 is 19.1 Å². The fourth-order valence-corrected chi connectivity index (χ4v) is 3.17. The van der Waals surface area contributed by atoms with Crippen LogP contribution in [0.2, 0.25) is 0 Å². The van der Waals surface area contributed by atoms with E-state index in [1.807, 2.05) is 19.1 Å². The van der Waals surface area contributed by atoms with E-state index in [2.05, 4.69) is 15.5 Å². The van der Waals surface area contributed by atoms with E-state index in [1.165, 1.54) is 0 Å². The highest BCUT2D eigenvalue weighted by molar-refractivity contribution is 5.82. The molecule has 2 aliphatic rings. The number of nitrogens with one attached hydrogen (secondary N) is 2. The van der Waals surface area contributed by atoms with Gasteiger partial charge in [0, 0.05) is 26.2 Å². The predicted molar refractivity (Wildman–Crippen MR) is 84.0 cm³/mol. The summed E-state index contributed by atoms with van der Waals surface area (Å²) in [7, 11) is 0. The van der Waals surface area contributed by atoms with Crippen molar-refractivity contribution >= 4 is 5.91 Å². The third-order valence-electron chi connectivity index (χ3n) is 4.47. The molecule has 3 heterocycles.